The first-order chi connectivity index (χ1) is 7.81. The highest BCUT2D eigenvalue weighted by Gasteiger charge is 2.12. The zero-order chi connectivity index (χ0) is 11.4. The van der Waals surface area contributed by atoms with E-state index in [0.29, 0.717) is 10.4 Å². The van der Waals surface area contributed by atoms with Crippen molar-refractivity contribution in [2.75, 3.05) is 6.73 Å². The van der Waals surface area contributed by atoms with E-state index in [0.717, 1.165) is 12.8 Å². The molecule has 0 aliphatic heterocycles. The highest BCUT2D eigenvalue weighted by atomic mass is 16.4. The van der Waals surface area contributed by atoms with Gasteiger partial charge in [-0.15, -0.1) is 0 Å². The van der Waals surface area contributed by atoms with E-state index in [1.54, 1.807) is 12.1 Å². The van der Waals surface area contributed by atoms with Crippen molar-refractivity contribution in [2.24, 2.45) is 0 Å². The monoisotopic (exact) mass is 218 g/mol. The van der Waals surface area contributed by atoms with Crippen molar-refractivity contribution in [3.63, 3.8) is 0 Å². The molecule has 0 heterocycles. The molecular weight excluding hydrogens is 202 g/mol. The van der Waals surface area contributed by atoms with E-state index >= 15 is 0 Å². The minimum absolute atomic E-state index is 0.498. The van der Waals surface area contributed by atoms with Gasteiger partial charge in [0.15, 0.2) is 0 Å². The predicted octanol–water partition coefficient (Wildman–Crippen LogP) is 3.00. The van der Waals surface area contributed by atoms with Gasteiger partial charge >= 0.3 is 0 Å². The molecule has 0 amide bonds. The van der Waals surface area contributed by atoms with Crippen LogP contribution in [0.1, 0.15) is 31.2 Å². The van der Waals surface area contributed by atoms with Crippen LogP contribution in [0.4, 0.5) is 5.69 Å². The second-order valence-electron chi connectivity index (χ2n) is 4.04. The Hall–Kier alpha value is -1.48. The van der Waals surface area contributed by atoms with Gasteiger partial charge in [0.2, 0.25) is 0 Å². The fourth-order valence-corrected chi connectivity index (χ4v) is 2.02. The maximum atomic E-state index is 11.2. The maximum absolute atomic E-state index is 11.2. The molecule has 0 bridgehead atoms. The molecule has 1 aromatic rings. The molecule has 1 aromatic carbocycles. The number of benzene rings is 1. The van der Waals surface area contributed by atoms with Crippen molar-refractivity contribution in [3.05, 3.63) is 40.8 Å². The van der Waals surface area contributed by atoms with Gasteiger partial charge < -0.3 is 5.11 Å². The molecule has 0 fully saturated rings. The molecule has 3 heteroatoms. The van der Waals surface area contributed by atoms with Gasteiger partial charge in [0.1, 0.15) is 0 Å². The zero-order valence-corrected chi connectivity index (χ0v) is 9.22. The Balaban J connectivity index is 2.18. The third-order valence-electron chi connectivity index (χ3n) is 2.95. The van der Waals surface area contributed by atoms with E-state index < -0.39 is 6.73 Å². The van der Waals surface area contributed by atoms with Crippen molar-refractivity contribution in [1.29, 1.82) is 0 Å². The summed E-state index contributed by atoms with van der Waals surface area (Å²) in [6, 6.07) is 7.42. The van der Waals surface area contributed by atoms with Crippen LogP contribution in [0.5, 0.6) is 0 Å². The van der Waals surface area contributed by atoms with Crippen LogP contribution in [0, 0.1) is 4.91 Å². The Kier molecular flexibility index (Phi) is 3.47. The number of allylic oxidation sites excluding steroid dienone is 2. The summed E-state index contributed by atoms with van der Waals surface area (Å²) in [5.41, 5.74) is 3.07. The summed E-state index contributed by atoms with van der Waals surface area (Å²) in [4.78, 5) is 11.2. The van der Waals surface area contributed by atoms with Gasteiger partial charge in [-0.25, -0.2) is 0 Å². The van der Waals surface area contributed by atoms with Crippen LogP contribution in [-0.2, 0) is 0 Å². The minimum atomic E-state index is -0.498. The lowest BCUT2D eigenvalue weighted by molar-refractivity contribution is -0.505. The SMILES string of the molecule is O=[N+](CO)c1ccc(C2=CCCCC2)cc1. The molecule has 2 rings (SSSR count). The first-order valence-corrected chi connectivity index (χ1v) is 5.66. The molecule has 0 unspecified atom stereocenters. The number of hydrogen-bond donors (Lipinski definition) is 1. The molecule has 84 valence electrons. The first-order valence-electron chi connectivity index (χ1n) is 5.66. The number of aliphatic hydroxyl groups excluding tert-OH is 1. The lowest BCUT2D eigenvalue weighted by atomic mass is 9.94. The number of aliphatic hydroxyl groups is 1. The molecule has 1 N–H and O–H groups in total. The molecule has 0 atom stereocenters. The van der Waals surface area contributed by atoms with E-state index in [1.807, 2.05) is 12.1 Å². The Morgan fingerprint density at radius 2 is 1.94 bits per heavy atom. The molecule has 16 heavy (non-hydrogen) atoms. The topological polar surface area (TPSA) is 40.3 Å². The van der Waals surface area contributed by atoms with Crippen molar-refractivity contribution in [1.82, 2.24) is 0 Å². The standard InChI is InChI=1S/C13H16NO2/c15-10-14(16)13-8-6-12(7-9-13)11-4-2-1-3-5-11/h4,6-9,15H,1-3,5,10H2/q+1. The third kappa shape index (κ3) is 2.36. The van der Waals surface area contributed by atoms with Crippen molar-refractivity contribution < 1.29 is 9.87 Å². The lowest BCUT2D eigenvalue weighted by Crippen LogP contribution is -2.01. The van der Waals surface area contributed by atoms with Crippen LogP contribution in [0.25, 0.3) is 5.57 Å². The van der Waals surface area contributed by atoms with E-state index in [2.05, 4.69) is 6.08 Å². The van der Waals surface area contributed by atoms with Gasteiger partial charge in [-0.05, 0) is 49.0 Å². The van der Waals surface area contributed by atoms with Crippen LogP contribution >= 0.6 is 0 Å². The average Bonchev–Trinajstić information content (AvgIpc) is 2.39. The number of nitrogens with zero attached hydrogens (tertiary/aromatic N) is 1. The zero-order valence-electron chi connectivity index (χ0n) is 9.22. The fourth-order valence-electron chi connectivity index (χ4n) is 2.02. The number of rotatable bonds is 3. The van der Waals surface area contributed by atoms with Gasteiger partial charge in [0.05, 0.1) is 4.76 Å². The smallest absolute Gasteiger partial charge is 0.299 e. The van der Waals surface area contributed by atoms with E-state index in [-0.39, 0.29) is 0 Å². The van der Waals surface area contributed by atoms with Gasteiger partial charge in [0, 0.05) is 17.0 Å². The largest absolute Gasteiger partial charge is 0.336 e. The summed E-state index contributed by atoms with van der Waals surface area (Å²) in [5, 5.41) is 8.71. The highest BCUT2D eigenvalue weighted by Crippen LogP contribution is 2.27. The molecule has 1 aliphatic carbocycles. The van der Waals surface area contributed by atoms with Gasteiger partial charge in [-0.1, -0.05) is 6.08 Å². The van der Waals surface area contributed by atoms with Crippen LogP contribution in [0.3, 0.4) is 0 Å². The summed E-state index contributed by atoms with van der Waals surface area (Å²) in [5.74, 6) is 0. The molecule has 0 radical (unpaired) electrons. The Morgan fingerprint density at radius 1 is 1.19 bits per heavy atom. The maximum Gasteiger partial charge on any atom is 0.299 e. The van der Waals surface area contributed by atoms with Gasteiger partial charge in [-0.3, -0.25) is 0 Å². The number of nitroso groups, excluding NO2 is 1. The summed E-state index contributed by atoms with van der Waals surface area (Å²) >= 11 is 0. The van der Waals surface area contributed by atoms with E-state index in [1.165, 1.54) is 24.0 Å². The third-order valence-corrected chi connectivity index (χ3v) is 2.95. The summed E-state index contributed by atoms with van der Waals surface area (Å²) in [6.07, 6.45) is 7.08. The normalized spacial score (nSPS) is 15.7. The van der Waals surface area contributed by atoms with E-state index in [9.17, 15) is 4.91 Å². The Bertz CT molecular complexity index is 406. The number of hydrogen-bond acceptors (Lipinski definition) is 2. The molecule has 0 aromatic heterocycles. The predicted molar refractivity (Wildman–Crippen MR) is 63.3 cm³/mol. The molecule has 0 spiro atoms. The van der Waals surface area contributed by atoms with Gasteiger partial charge in [-0.2, -0.15) is 0 Å². The van der Waals surface area contributed by atoms with Crippen molar-refractivity contribution in [3.8, 4) is 0 Å². The molecule has 0 saturated heterocycles. The lowest BCUT2D eigenvalue weighted by Gasteiger charge is -2.12. The van der Waals surface area contributed by atoms with Crippen LogP contribution in [-0.4, -0.2) is 16.6 Å². The minimum Gasteiger partial charge on any atom is -0.336 e. The first kappa shape index (κ1) is 11.0. The molecular formula is C13H16NO2+. The molecule has 1 aliphatic rings. The average molecular weight is 218 g/mol. The Morgan fingerprint density at radius 3 is 2.50 bits per heavy atom. The van der Waals surface area contributed by atoms with Gasteiger partial charge in [0.25, 0.3) is 12.4 Å². The fraction of sp³-hybridized carbons (Fsp3) is 0.385. The summed E-state index contributed by atoms with van der Waals surface area (Å²) < 4.78 is 0.568. The highest BCUT2D eigenvalue weighted by molar-refractivity contribution is 5.66. The van der Waals surface area contributed by atoms with Crippen LogP contribution in [0.15, 0.2) is 30.3 Å². The summed E-state index contributed by atoms with van der Waals surface area (Å²) in [7, 11) is 0. The van der Waals surface area contributed by atoms with Crippen LogP contribution in [0.2, 0.25) is 0 Å². The Labute approximate surface area is 95.0 Å². The second-order valence-corrected chi connectivity index (χ2v) is 4.04. The van der Waals surface area contributed by atoms with Crippen molar-refractivity contribution in [2.45, 2.75) is 25.7 Å². The quantitative estimate of drug-likeness (QED) is 0.625. The summed E-state index contributed by atoms with van der Waals surface area (Å²) in [6.45, 7) is -0.498. The second kappa shape index (κ2) is 5.03. The molecule has 3 nitrogen and oxygen atoms in total. The molecule has 0 saturated carbocycles. The van der Waals surface area contributed by atoms with Crippen molar-refractivity contribution >= 4 is 11.3 Å². The van der Waals surface area contributed by atoms with E-state index in [4.69, 9.17) is 5.11 Å². The van der Waals surface area contributed by atoms with Crippen LogP contribution < -0.4 is 0 Å².